The maximum atomic E-state index is 10.7. The van der Waals surface area contributed by atoms with E-state index in [1.54, 1.807) is 0 Å². The van der Waals surface area contributed by atoms with Crippen LogP contribution in [0, 0.1) is 29.1 Å². The summed E-state index contributed by atoms with van der Waals surface area (Å²) in [6, 6.07) is 0. The fourth-order valence-corrected chi connectivity index (χ4v) is 3.37. The summed E-state index contributed by atoms with van der Waals surface area (Å²) in [7, 11) is 0. The lowest BCUT2D eigenvalue weighted by molar-refractivity contribution is -0.142. The highest BCUT2D eigenvalue weighted by Gasteiger charge is 2.55. The standard InChI is InChI=1S/C11H18O.C4H6O/c1-7-8(6-12)4-9-5-10(7)11(9,2)3;1-3-4(2)5/h6-10H,4-5H2,1-3H3;3H,1H2,2H3. The third-order valence-electron chi connectivity index (χ3n) is 4.88. The molecule has 0 radical (unpaired) electrons. The second kappa shape index (κ2) is 5.16. The highest BCUT2D eigenvalue weighted by Crippen LogP contribution is 2.62. The Balaban J connectivity index is 0.000000249. The van der Waals surface area contributed by atoms with Gasteiger partial charge in [-0.25, -0.2) is 0 Å². The van der Waals surface area contributed by atoms with Crippen LogP contribution in [0.2, 0.25) is 0 Å². The molecule has 3 aliphatic rings. The molecule has 0 amide bonds. The molecule has 3 rings (SSSR count). The summed E-state index contributed by atoms with van der Waals surface area (Å²) in [4.78, 5) is 20.4. The average Bonchev–Trinajstić information content (AvgIpc) is 2.29. The average molecular weight is 236 g/mol. The second-order valence-corrected chi connectivity index (χ2v) is 6.07. The zero-order valence-electron chi connectivity index (χ0n) is 11.4. The van der Waals surface area contributed by atoms with E-state index in [2.05, 4.69) is 27.4 Å². The van der Waals surface area contributed by atoms with Crippen LogP contribution in [0.3, 0.4) is 0 Å². The van der Waals surface area contributed by atoms with Crippen molar-refractivity contribution < 1.29 is 9.59 Å². The monoisotopic (exact) mass is 236 g/mol. The lowest BCUT2D eigenvalue weighted by atomic mass is 9.44. The summed E-state index contributed by atoms with van der Waals surface area (Å²) in [5.41, 5.74) is 0.527. The van der Waals surface area contributed by atoms with E-state index in [0.717, 1.165) is 18.3 Å². The molecule has 96 valence electrons. The molecule has 0 aromatic heterocycles. The molecule has 3 saturated carbocycles. The van der Waals surface area contributed by atoms with Gasteiger partial charge >= 0.3 is 0 Å². The van der Waals surface area contributed by atoms with Gasteiger partial charge in [-0.05, 0) is 49.0 Å². The molecule has 0 saturated heterocycles. The van der Waals surface area contributed by atoms with Crippen molar-refractivity contribution in [2.24, 2.45) is 29.1 Å². The minimum Gasteiger partial charge on any atom is -0.303 e. The molecule has 0 aliphatic heterocycles. The minimum atomic E-state index is 0.0185. The van der Waals surface area contributed by atoms with Crippen LogP contribution in [0.25, 0.3) is 0 Å². The van der Waals surface area contributed by atoms with Gasteiger partial charge in [0.25, 0.3) is 0 Å². The normalized spacial score (nSPS) is 36.9. The third-order valence-corrected chi connectivity index (χ3v) is 4.88. The van der Waals surface area contributed by atoms with Crippen molar-refractivity contribution in [3.8, 4) is 0 Å². The molecule has 0 heterocycles. The van der Waals surface area contributed by atoms with E-state index in [1.165, 1.54) is 25.7 Å². The smallest absolute Gasteiger partial charge is 0.152 e. The number of hydrogen-bond donors (Lipinski definition) is 0. The molecule has 0 spiro atoms. The Morgan fingerprint density at radius 1 is 1.35 bits per heavy atom. The van der Waals surface area contributed by atoms with Crippen LogP contribution in [0.15, 0.2) is 12.7 Å². The van der Waals surface area contributed by atoms with Gasteiger partial charge in [-0.15, -0.1) is 0 Å². The van der Waals surface area contributed by atoms with E-state index >= 15 is 0 Å². The quantitative estimate of drug-likeness (QED) is 0.544. The second-order valence-electron chi connectivity index (χ2n) is 6.07. The van der Waals surface area contributed by atoms with Gasteiger partial charge in [0.15, 0.2) is 5.78 Å². The zero-order chi connectivity index (χ0) is 13.2. The van der Waals surface area contributed by atoms with E-state index in [-0.39, 0.29) is 5.78 Å². The number of fused-ring (bicyclic) bond motifs is 2. The first-order chi connectivity index (χ1) is 7.84. The maximum Gasteiger partial charge on any atom is 0.152 e. The fourth-order valence-electron chi connectivity index (χ4n) is 3.37. The Morgan fingerprint density at radius 2 is 1.88 bits per heavy atom. The molecule has 4 atom stereocenters. The Labute approximate surface area is 104 Å². The van der Waals surface area contributed by atoms with Gasteiger partial charge in [0.1, 0.15) is 6.29 Å². The molecule has 0 N–H and O–H groups in total. The lowest BCUT2D eigenvalue weighted by Crippen LogP contribution is -2.55. The molecule has 2 nitrogen and oxygen atoms in total. The van der Waals surface area contributed by atoms with Crippen molar-refractivity contribution in [1.29, 1.82) is 0 Å². The van der Waals surface area contributed by atoms with Crippen molar-refractivity contribution in [2.75, 3.05) is 0 Å². The summed E-state index contributed by atoms with van der Waals surface area (Å²) >= 11 is 0. The molecular formula is C15H24O2. The van der Waals surface area contributed by atoms with Crippen LogP contribution in [0.5, 0.6) is 0 Å². The summed E-state index contributed by atoms with van der Waals surface area (Å²) in [6.07, 6.45) is 4.98. The first-order valence-electron chi connectivity index (χ1n) is 6.42. The van der Waals surface area contributed by atoms with Gasteiger partial charge in [-0.2, -0.15) is 0 Å². The van der Waals surface area contributed by atoms with Gasteiger partial charge in [-0.3, -0.25) is 4.79 Å². The third kappa shape index (κ3) is 2.67. The first kappa shape index (κ1) is 14.1. The van der Waals surface area contributed by atoms with Crippen molar-refractivity contribution in [1.82, 2.24) is 0 Å². The van der Waals surface area contributed by atoms with Crippen molar-refractivity contribution in [2.45, 2.75) is 40.5 Å². The minimum absolute atomic E-state index is 0.0185. The number of ketones is 1. The Hall–Kier alpha value is -0.920. The molecule has 2 heteroatoms. The highest BCUT2D eigenvalue weighted by molar-refractivity contribution is 5.86. The van der Waals surface area contributed by atoms with Crippen molar-refractivity contribution >= 4 is 12.1 Å². The summed E-state index contributed by atoms with van der Waals surface area (Å²) < 4.78 is 0. The number of allylic oxidation sites excluding steroid dienone is 1. The van der Waals surface area contributed by atoms with Crippen LogP contribution in [-0.4, -0.2) is 12.1 Å². The van der Waals surface area contributed by atoms with Crippen molar-refractivity contribution in [3.05, 3.63) is 12.7 Å². The van der Waals surface area contributed by atoms with E-state index in [1.807, 2.05) is 0 Å². The predicted molar refractivity (Wildman–Crippen MR) is 69.6 cm³/mol. The van der Waals surface area contributed by atoms with Gasteiger partial charge in [-0.1, -0.05) is 27.4 Å². The number of aldehydes is 1. The number of rotatable bonds is 2. The molecule has 2 bridgehead atoms. The van der Waals surface area contributed by atoms with Crippen LogP contribution < -0.4 is 0 Å². The number of hydrogen-bond acceptors (Lipinski definition) is 2. The Morgan fingerprint density at radius 3 is 2.18 bits per heavy atom. The van der Waals surface area contributed by atoms with Gasteiger partial charge in [0.2, 0.25) is 0 Å². The van der Waals surface area contributed by atoms with Crippen LogP contribution in [0.4, 0.5) is 0 Å². The molecular weight excluding hydrogens is 212 g/mol. The fraction of sp³-hybridized carbons (Fsp3) is 0.733. The lowest BCUT2D eigenvalue weighted by Gasteiger charge is -2.61. The zero-order valence-corrected chi connectivity index (χ0v) is 11.4. The molecule has 3 aliphatic carbocycles. The molecule has 0 aromatic rings. The number of carbonyl (C=O) groups excluding carboxylic acids is 2. The highest BCUT2D eigenvalue weighted by atomic mass is 16.1. The summed E-state index contributed by atoms with van der Waals surface area (Å²) in [5, 5.41) is 0. The predicted octanol–water partition coefficient (Wildman–Crippen LogP) is 3.27. The molecule has 4 unspecified atom stereocenters. The van der Waals surface area contributed by atoms with Crippen LogP contribution in [-0.2, 0) is 9.59 Å². The Bertz CT molecular complexity index is 317. The van der Waals surface area contributed by atoms with Gasteiger partial charge in [0.05, 0.1) is 0 Å². The molecule has 0 aromatic carbocycles. The van der Waals surface area contributed by atoms with Gasteiger partial charge in [0, 0.05) is 5.92 Å². The topological polar surface area (TPSA) is 34.1 Å². The Kier molecular flexibility index (Phi) is 4.29. The van der Waals surface area contributed by atoms with E-state index in [4.69, 9.17) is 0 Å². The molecule has 3 fully saturated rings. The van der Waals surface area contributed by atoms with Crippen LogP contribution in [0.1, 0.15) is 40.5 Å². The number of carbonyl (C=O) groups is 2. The van der Waals surface area contributed by atoms with E-state index in [0.29, 0.717) is 17.3 Å². The summed E-state index contributed by atoms with van der Waals surface area (Å²) in [6.45, 7) is 11.7. The van der Waals surface area contributed by atoms with Gasteiger partial charge < -0.3 is 4.79 Å². The van der Waals surface area contributed by atoms with E-state index in [9.17, 15) is 9.59 Å². The van der Waals surface area contributed by atoms with Crippen LogP contribution >= 0.6 is 0 Å². The largest absolute Gasteiger partial charge is 0.303 e. The first-order valence-corrected chi connectivity index (χ1v) is 6.42. The van der Waals surface area contributed by atoms with E-state index < -0.39 is 0 Å². The summed E-state index contributed by atoms with van der Waals surface area (Å²) in [5.74, 6) is 2.65. The van der Waals surface area contributed by atoms with Crippen molar-refractivity contribution in [3.63, 3.8) is 0 Å². The molecule has 17 heavy (non-hydrogen) atoms. The SMILES string of the molecule is C=CC(C)=O.CC1C(C=O)CC2CC1C2(C)C. The maximum absolute atomic E-state index is 10.7.